The normalized spacial score (nSPS) is 13.1. The molecule has 0 aliphatic rings. The highest BCUT2D eigenvalue weighted by atomic mass is 16.7. The first-order chi connectivity index (χ1) is 9.90. The third-order valence-corrected chi connectivity index (χ3v) is 3.15. The summed E-state index contributed by atoms with van der Waals surface area (Å²) in [5.41, 5.74) is 0.293. The number of carbonyl (C=O) groups excluding carboxylic acids is 2. The van der Waals surface area contributed by atoms with Gasteiger partial charge in [0.2, 0.25) is 0 Å². The largest absolute Gasteiger partial charge is 0.419 e. The van der Waals surface area contributed by atoms with E-state index in [2.05, 4.69) is 20.1 Å². The van der Waals surface area contributed by atoms with E-state index in [0.29, 0.717) is 18.4 Å². The number of hydrogen-bond acceptors (Lipinski definition) is 4. The summed E-state index contributed by atoms with van der Waals surface area (Å²) in [7, 11) is 0. The minimum Gasteiger partial charge on any atom is -0.419 e. The molecular weight excluding hydrogens is 268 g/mol. The van der Waals surface area contributed by atoms with E-state index < -0.39 is 17.7 Å². The number of unbranched alkanes of at least 4 members (excludes halogenated alkanes) is 3. The number of esters is 2. The van der Waals surface area contributed by atoms with E-state index in [0.717, 1.165) is 38.2 Å². The molecule has 0 aromatic heterocycles. The van der Waals surface area contributed by atoms with Gasteiger partial charge in [0.1, 0.15) is 0 Å². The lowest BCUT2D eigenvalue weighted by atomic mass is 10.0. The van der Waals surface area contributed by atoms with E-state index in [9.17, 15) is 9.59 Å². The lowest BCUT2D eigenvalue weighted by molar-refractivity contribution is -0.229. The summed E-state index contributed by atoms with van der Waals surface area (Å²) in [4.78, 5) is 23.5. The Morgan fingerprint density at radius 3 is 2.10 bits per heavy atom. The first-order valence-electron chi connectivity index (χ1n) is 7.65. The van der Waals surface area contributed by atoms with Crippen LogP contribution in [0.4, 0.5) is 0 Å². The van der Waals surface area contributed by atoms with Crippen LogP contribution in [0.15, 0.2) is 24.8 Å². The monoisotopic (exact) mass is 296 g/mol. The van der Waals surface area contributed by atoms with Crippen molar-refractivity contribution in [1.29, 1.82) is 0 Å². The van der Waals surface area contributed by atoms with Gasteiger partial charge in [-0.05, 0) is 19.8 Å². The van der Waals surface area contributed by atoms with E-state index in [1.54, 1.807) is 6.92 Å². The Balaban J connectivity index is 5.14. The van der Waals surface area contributed by atoms with E-state index in [-0.39, 0.29) is 0 Å². The molecule has 0 saturated heterocycles. The molecule has 0 aliphatic carbocycles. The van der Waals surface area contributed by atoms with Crippen molar-refractivity contribution in [2.45, 2.75) is 71.5 Å². The SMILES string of the molecule is C=CC(=O)OC(CCCC)(CCCCC)OC(=O)C(=C)C. The Morgan fingerprint density at radius 1 is 1.05 bits per heavy atom. The van der Waals surface area contributed by atoms with Crippen molar-refractivity contribution < 1.29 is 19.1 Å². The molecule has 0 spiro atoms. The quantitative estimate of drug-likeness (QED) is 0.247. The van der Waals surface area contributed by atoms with Crippen molar-refractivity contribution in [1.82, 2.24) is 0 Å². The van der Waals surface area contributed by atoms with Gasteiger partial charge in [0, 0.05) is 24.5 Å². The second kappa shape index (κ2) is 10.2. The van der Waals surface area contributed by atoms with Crippen LogP contribution in [0.5, 0.6) is 0 Å². The third-order valence-electron chi connectivity index (χ3n) is 3.15. The minimum absolute atomic E-state index is 0.293. The van der Waals surface area contributed by atoms with Crippen LogP contribution in [-0.4, -0.2) is 17.7 Å². The van der Waals surface area contributed by atoms with Gasteiger partial charge in [-0.15, -0.1) is 0 Å². The lowest BCUT2D eigenvalue weighted by Gasteiger charge is -2.32. The van der Waals surface area contributed by atoms with Crippen molar-refractivity contribution in [2.24, 2.45) is 0 Å². The highest BCUT2D eigenvalue weighted by Gasteiger charge is 2.37. The highest BCUT2D eigenvalue weighted by molar-refractivity contribution is 5.87. The van der Waals surface area contributed by atoms with Gasteiger partial charge in [0.15, 0.2) is 0 Å². The molecule has 0 aromatic carbocycles. The molecule has 0 fully saturated rings. The maximum atomic E-state index is 11.9. The molecule has 0 rings (SSSR count). The first-order valence-corrected chi connectivity index (χ1v) is 7.65. The van der Waals surface area contributed by atoms with E-state index in [4.69, 9.17) is 9.47 Å². The highest BCUT2D eigenvalue weighted by Crippen LogP contribution is 2.29. The summed E-state index contributed by atoms with van der Waals surface area (Å²) >= 11 is 0. The molecule has 120 valence electrons. The van der Waals surface area contributed by atoms with Crippen LogP contribution in [0.1, 0.15) is 65.7 Å². The molecule has 21 heavy (non-hydrogen) atoms. The van der Waals surface area contributed by atoms with Gasteiger partial charge in [0.25, 0.3) is 5.79 Å². The van der Waals surface area contributed by atoms with Gasteiger partial charge < -0.3 is 9.47 Å². The van der Waals surface area contributed by atoms with Gasteiger partial charge in [-0.1, -0.05) is 46.3 Å². The third kappa shape index (κ3) is 7.69. The fraction of sp³-hybridized carbons (Fsp3) is 0.647. The van der Waals surface area contributed by atoms with Crippen LogP contribution in [0, 0.1) is 0 Å². The second-order valence-corrected chi connectivity index (χ2v) is 5.27. The van der Waals surface area contributed by atoms with Gasteiger partial charge in [-0.25, -0.2) is 9.59 Å². The summed E-state index contributed by atoms with van der Waals surface area (Å²) in [6, 6.07) is 0. The first kappa shape index (κ1) is 19.4. The summed E-state index contributed by atoms with van der Waals surface area (Å²) < 4.78 is 10.9. The summed E-state index contributed by atoms with van der Waals surface area (Å²) in [5.74, 6) is -2.30. The Morgan fingerprint density at radius 2 is 1.62 bits per heavy atom. The molecule has 0 aliphatic heterocycles. The van der Waals surface area contributed by atoms with Crippen molar-refractivity contribution in [3.8, 4) is 0 Å². The predicted octanol–water partition coefficient (Wildman–Crippen LogP) is 4.30. The molecule has 0 amide bonds. The molecule has 0 heterocycles. The average molecular weight is 296 g/mol. The number of hydrogen-bond donors (Lipinski definition) is 0. The summed E-state index contributed by atoms with van der Waals surface area (Å²) in [5, 5.41) is 0. The van der Waals surface area contributed by atoms with Crippen molar-refractivity contribution in [2.75, 3.05) is 0 Å². The Labute approximate surface area is 128 Å². The van der Waals surface area contributed by atoms with Crippen LogP contribution in [0.3, 0.4) is 0 Å². The van der Waals surface area contributed by atoms with E-state index in [1.807, 2.05) is 6.92 Å². The molecule has 0 bridgehead atoms. The van der Waals surface area contributed by atoms with Crippen molar-refractivity contribution in [3.63, 3.8) is 0 Å². The number of ether oxygens (including phenoxy) is 2. The molecular formula is C17H28O4. The lowest BCUT2D eigenvalue weighted by Crippen LogP contribution is -2.40. The predicted molar refractivity (Wildman–Crippen MR) is 83.6 cm³/mol. The number of carbonyl (C=O) groups is 2. The van der Waals surface area contributed by atoms with Gasteiger partial charge in [-0.2, -0.15) is 0 Å². The molecule has 1 unspecified atom stereocenters. The minimum atomic E-state index is -1.20. The topological polar surface area (TPSA) is 52.6 Å². The van der Waals surface area contributed by atoms with Crippen molar-refractivity contribution in [3.05, 3.63) is 24.8 Å². The van der Waals surface area contributed by atoms with Crippen LogP contribution >= 0.6 is 0 Å². The fourth-order valence-electron chi connectivity index (χ4n) is 1.92. The average Bonchev–Trinajstić information content (AvgIpc) is 2.45. The Hall–Kier alpha value is -1.58. The summed E-state index contributed by atoms with van der Waals surface area (Å²) in [6.07, 6.45) is 6.66. The molecule has 1 atom stereocenters. The Bertz CT molecular complexity index is 373. The molecule has 0 aromatic rings. The molecule has 4 heteroatoms. The van der Waals surface area contributed by atoms with Gasteiger partial charge in [0.05, 0.1) is 0 Å². The zero-order valence-electron chi connectivity index (χ0n) is 13.6. The van der Waals surface area contributed by atoms with Gasteiger partial charge in [-0.3, -0.25) is 0 Å². The molecule has 0 saturated carbocycles. The van der Waals surface area contributed by atoms with Crippen LogP contribution in [0.2, 0.25) is 0 Å². The Kier molecular flexibility index (Phi) is 9.42. The molecule has 0 N–H and O–H groups in total. The number of rotatable bonds is 11. The smallest absolute Gasteiger partial charge is 0.336 e. The zero-order valence-corrected chi connectivity index (χ0v) is 13.6. The maximum Gasteiger partial charge on any atom is 0.336 e. The van der Waals surface area contributed by atoms with E-state index >= 15 is 0 Å². The molecule has 4 nitrogen and oxygen atoms in total. The maximum absolute atomic E-state index is 11.9. The van der Waals surface area contributed by atoms with Crippen LogP contribution < -0.4 is 0 Å². The van der Waals surface area contributed by atoms with Crippen molar-refractivity contribution >= 4 is 11.9 Å². The van der Waals surface area contributed by atoms with Crippen LogP contribution in [0.25, 0.3) is 0 Å². The molecule has 0 radical (unpaired) electrons. The van der Waals surface area contributed by atoms with Crippen LogP contribution in [-0.2, 0) is 19.1 Å². The fourth-order valence-corrected chi connectivity index (χ4v) is 1.92. The standard InChI is InChI=1S/C17H28O4/c1-6-9-11-13-17(12-10-7-2,20-15(18)8-3)21-16(19)14(4)5/h8H,3-4,6-7,9-13H2,1-2,5H3. The zero-order chi connectivity index (χ0) is 16.3. The second-order valence-electron chi connectivity index (χ2n) is 5.27. The van der Waals surface area contributed by atoms with E-state index in [1.165, 1.54) is 0 Å². The summed E-state index contributed by atoms with van der Waals surface area (Å²) in [6.45, 7) is 12.7. The van der Waals surface area contributed by atoms with Gasteiger partial charge >= 0.3 is 11.9 Å².